The second kappa shape index (κ2) is 4.25. The zero-order valence-corrected chi connectivity index (χ0v) is 13.3. The first kappa shape index (κ1) is 13.6. The Bertz CT molecular complexity index is 548. The maximum absolute atomic E-state index is 9.63. The van der Waals surface area contributed by atoms with Crippen molar-refractivity contribution in [2.24, 2.45) is 16.7 Å². The lowest BCUT2D eigenvalue weighted by molar-refractivity contribution is -0.118. The van der Waals surface area contributed by atoms with Crippen molar-refractivity contribution < 1.29 is 5.11 Å². The Kier molecular flexibility index (Phi) is 2.76. The Morgan fingerprint density at radius 3 is 2.43 bits per heavy atom. The van der Waals surface area contributed by atoms with E-state index in [-0.39, 0.29) is 0 Å². The Labute approximate surface area is 128 Å². The molecule has 0 aromatic heterocycles. The molecule has 4 aliphatic carbocycles. The second-order valence-electron chi connectivity index (χ2n) is 8.93. The molecular formula is C19H27NO. The van der Waals surface area contributed by atoms with Gasteiger partial charge in [-0.3, -0.25) is 0 Å². The van der Waals surface area contributed by atoms with Gasteiger partial charge in [-0.1, -0.05) is 26.0 Å². The fraction of sp³-hybridized carbons (Fsp3) is 0.684. The lowest BCUT2D eigenvalue weighted by Crippen LogP contribution is -2.63. The third kappa shape index (κ3) is 2.38. The monoisotopic (exact) mass is 285 g/mol. The van der Waals surface area contributed by atoms with E-state index in [1.807, 2.05) is 12.1 Å². The van der Waals surface area contributed by atoms with Gasteiger partial charge in [0.05, 0.1) is 0 Å². The molecule has 0 aliphatic heterocycles. The third-order valence-corrected chi connectivity index (χ3v) is 6.20. The van der Waals surface area contributed by atoms with Crippen molar-refractivity contribution >= 4 is 0 Å². The van der Waals surface area contributed by atoms with Crippen molar-refractivity contribution in [1.29, 1.82) is 0 Å². The first-order valence-electron chi connectivity index (χ1n) is 8.41. The van der Waals surface area contributed by atoms with Crippen LogP contribution in [0.3, 0.4) is 0 Å². The zero-order valence-electron chi connectivity index (χ0n) is 13.3. The van der Waals surface area contributed by atoms with E-state index in [2.05, 4.69) is 25.2 Å². The molecule has 21 heavy (non-hydrogen) atoms. The van der Waals surface area contributed by atoms with E-state index in [1.165, 1.54) is 44.1 Å². The number of phenols is 1. The van der Waals surface area contributed by atoms with E-state index in [9.17, 15) is 5.11 Å². The summed E-state index contributed by atoms with van der Waals surface area (Å²) in [5.74, 6) is 1.30. The Morgan fingerprint density at radius 1 is 1.10 bits per heavy atom. The summed E-state index contributed by atoms with van der Waals surface area (Å²) in [6.45, 7) is 5.91. The normalized spacial score (nSPS) is 44.2. The van der Waals surface area contributed by atoms with Crippen LogP contribution in [-0.2, 0) is 6.54 Å². The predicted molar refractivity (Wildman–Crippen MR) is 85.1 cm³/mol. The molecule has 2 nitrogen and oxygen atoms in total. The smallest absolute Gasteiger partial charge is 0.115 e. The minimum atomic E-state index is 0.342. The van der Waals surface area contributed by atoms with E-state index in [4.69, 9.17) is 0 Å². The molecule has 0 amide bonds. The lowest BCUT2D eigenvalue weighted by atomic mass is 9.43. The van der Waals surface area contributed by atoms with Crippen LogP contribution < -0.4 is 5.32 Å². The largest absolute Gasteiger partial charge is 0.508 e. The molecule has 4 bridgehead atoms. The van der Waals surface area contributed by atoms with Crippen LogP contribution in [0.2, 0.25) is 0 Å². The summed E-state index contributed by atoms with van der Waals surface area (Å²) in [7, 11) is 0. The van der Waals surface area contributed by atoms with Crippen molar-refractivity contribution in [2.45, 2.75) is 64.5 Å². The van der Waals surface area contributed by atoms with Crippen LogP contribution in [0.4, 0.5) is 0 Å². The average Bonchev–Trinajstić information content (AvgIpc) is 2.32. The van der Waals surface area contributed by atoms with Crippen LogP contribution in [0.25, 0.3) is 0 Å². The number of benzene rings is 1. The summed E-state index contributed by atoms with van der Waals surface area (Å²) in [4.78, 5) is 0. The molecule has 4 aliphatic rings. The highest BCUT2D eigenvalue weighted by atomic mass is 16.3. The van der Waals surface area contributed by atoms with Crippen LogP contribution in [0.1, 0.15) is 57.9 Å². The fourth-order valence-electron chi connectivity index (χ4n) is 6.60. The van der Waals surface area contributed by atoms with Gasteiger partial charge in [0, 0.05) is 12.1 Å². The fourth-order valence-corrected chi connectivity index (χ4v) is 6.60. The number of aromatic hydroxyl groups is 1. The first-order valence-corrected chi connectivity index (χ1v) is 8.41. The van der Waals surface area contributed by atoms with Gasteiger partial charge in [-0.2, -0.15) is 0 Å². The standard InChI is InChI=1S/C19H27NO/c1-17-7-15-8-18(2,11-17)13-19(9-15,12-17)20-10-14-4-3-5-16(21)6-14/h3-6,15,20-21H,7-13H2,1-2H3. The Morgan fingerprint density at radius 2 is 1.81 bits per heavy atom. The molecule has 0 saturated heterocycles. The third-order valence-electron chi connectivity index (χ3n) is 6.20. The molecule has 4 fully saturated rings. The molecule has 2 N–H and O–H groups in total. The van der Waals surface area contributed by atoms with Crippen molar-refractivity contribution in [3.63, 3.8) is 0 Å². The topological polar surface area (TPSA) is 32.3 Å². The average molecular weight is 285 g/mol. The minimum Gasteiger partial charge on any atom is -0.508 e. The first-order chi connectivity index (χ1) is 9.88. The number of nitrogens with one attached hydrogen (secondary N) is 1. The van der Waals surface area contributed by atoms with Gasteiger partial charge in [-0.25, -0.2) is 0 Å². The van der Waals surface area contributed by atoms with Gasteiger partial charge in [0.2, 0.25) is 0 Å². The second-order valence-corrected chi connectivity index (χ2v) is 8.93. The summed E-state index contributed by atoms with van der Waals surface area (Å²) in [5.41, 5.74) is 2.65. The molecule has 2 unspecified atom stereocenters. The van der Waals surface area contributed by atoms with E-state index in [0.29, 0.717) is 22.1 Å². The zero-order chi connectivity index (χ0) is 14.7. The van der Waals surface area contributed by atoms with Gasteiger partial charge in [-0.05, 0) is 73.0 Å². The van der Waals surface area contributed by atoms with Gasteiger partial charge in [0.1, 0.15) is 5.75 Å². The van der Waals surface area contributed by atoms with Crippen molar-refractivity contribution in [2.75, 3.05) is 0 Å². The number of phenolic OH excluding ortho intramolecular Hbond substituents is 1. The maximum atomic E-state index is 9.63. The van der Waals surface area contributed by atoms with Crippen LogP contribution in [0.15, 0.2) is 24.3 Å². The Hall–Kier alpha value is -1.02. The van der Waals surface area contributed by atoms with E-state index < -0.39 is 0 Å². The SMILES string of the molecule is CC12CC3CC(C)(C1)CC(NCc1cccc(O)c1)(C3)C2. The summed E-state index contributed by atoms with van der Waals surface area (Å²) in [5, 5.41) is 13.5. The maximum Gasteiger partial charge on any atom is 0.115 e. The lowest BCUT2D eigenvalue weighted by Gasteiger charge is -2.65. The van der Waals surface area contributed by atoms with Crippen molar-refractivity contribution in [3.05, 3.63) is 29.8 Å². The van der Waals surface area contributed by atoms with Crippen molar-refractivity contribution in [3.8, 4) is 5.75 Å². The molecule has 1 aromatic rings. The summed E-state index contributed by atoms with van der Waals surface area (Å²) < 4.78 is 0. The van der Waals surface area contributed by atoms with Crippen molar-refractivity contribution in [1.82, 2.24) is 5.32 Å². The molecule has 5 rings (SSSR count). The van der Waals surface area contributed by atoms with Crippen LogP contribution >= 0.6 is 0 Å². The summed E-state index contributed by atoms with van der Waals surface area (Å²) in [6, 6.07) is 7.68. The van der Waals surface area contributed by atoms with E-state index in [1.54, 1.807) is 6.07 Å². The van der Waals surface area contributed by atoms with Crippen LogP contribution in [-0.4, -0.2) is 10.6 Å². The minimum absolute atomic E-state index is 0.342. The molecule has 2 heteroatoms. The number of hydrogen-bond donors (Lipinski definition) is 2. The Balaban J connectivity index is 1.54. The van der Waals surface area contributed by atoms with Crippen LogP contribution in [0.5, 0.6) is 5.75 Å². The highest BCUT2D eigenvalue weighted by molar-refractivity contribution is 5.27. The van der Waals surface area contributed by atoms with Crippen LogP contribution in [0, 0.1) is 16.7 Å². The molecule has 4 saturated carbocycles. The van der Waals surface area contributed by atoms with Gasteiger partial charge >= 0.3 is 0 Å². The molecule has 114 valence electrons. The predicted octanol–water partition coefficient (Wildman–Crippen LogP) is 4.23. The molecule has 0 radical (unpaired) electrons. The quantitative estimate of drug-likeness (QED) is 0.871. The van der Waals surface area contributed by atoms with E-state index >= 15 is 0 Å². The van der Waals surface area contributed by atoms with Gasteiger partial charge in [0.15, 0.2) is 0 Å². The van der Waals surface area contributed by atoms with E-state index in [0.717, 1.165) is 12.5 Å². The molecular weight excluding hydrogens is 258 g/mol. The highest BCUT2D eigenvalue weighted by Crippen LogP contribution is 2.66. The molecule has 0 heterocycles. The number of rotatable bonds is 3. The highest BCUT2D eigenvalue weighted by Gasteiger charge is 2.59. The molecule has 2 atom stereocenters. The molecule has 0 spiro atoms. The van der Waals surface area contributed by atoms with Gasteiger partial charge in [-0.15, -0.1) is 0 Å². The summed E-state index contributed by atoms with van der Waals surface area (Å²) >= 11 is 0. The van der Waals surface area contributed by atoms with Gasteiger partial charge < -0.3 is 10.4 Å². The van der Waals surface area contributed by atoms with Gasteiger partial charge in [0.25, 0.3) is 0 Å². The summed E-state index contributed by atoms with van der Waals surface area (Å²) in [6.07, 6.45) is 8.34. The number of hydrogen-bond acceptors (Lipinski definition) is 2. The molecule has 1 aromatic carbocycles.